The third-order valence-electron chi connectivity index (χ3n) is 5.45. The highest BCUT2D eigenvalue weighted by Gasteiger charge is 2.36. The van der Waals surface area contributed by atoms with E-state index in [0.29, 0.717) is 37.2 Å². The first-order valence-electron chi connectivity index (χ1n) is 9.04. The molecular formula is C20H24FN3O3. The number of carbonyl (C=O) groups excluding carboxylic acids is 1. The molecule has 0 atom stereocenters. The summed E-state index contributed by atoms with van der Waals surface area (Å²) in [6.07, 6.45) is 2.78. The van der Waals surface area contributed by atoms with Gasteiger partial charge in [-0.05, 0) is 51.3 Å². The van der Waals surface area contributed by atoms with Crippen molar-refractivity contribution in [1.29, 1.82) is 0 Å². The van der Waals surface area contributed by atoms with Gasteiger partial charge in [0.25, 0.3) is 0 Å². The number of nitrogens with zero attached hydrogens (tertiary/aromatic N) is 3. The van der Waals surface area contributed by atoms with Gasteiger partial charge in [-0.15, -0.1) is 0 Å². The van der Waals surface area contributed by atoms with Gasteiger partial charge in [-0.1, -0.05) is 12.1 Å². The molecule has 2 heterocycles. The van der Waals surface area contributed by atoms with E-state index in [1.165, 1.54) is 18.3 Å². The minimum absolute atomic E-state index is 0.0324. The molecule has 1 aromatic carbocycles. The minimum Gasteiger partial charge on any atom is -0.478 e. The van der Waals surface area contributed by atoms with Crippen molar-refractivity contribution in [2.24, 2.45) is 0 Å². The zero-order valence-corrected chi connectivity index (χ0v) is 15.8. The van der Waals surface area contributed by atoms with Crippen molar-refractivity contribution in [3.8, 4) is 0 Å². The Kier molecular flexibility index (Phi) is 5.04. The van der Waals surface area contributed by atoms with Crippen LogP contribution in [-0.2, 0) is 10.2 Å². The number of carboxylic acid groups (broad SMARTS) is 1. The topological polar surface area (TPSA) is 75.4 Å². The Hall–Kier alpha value is -2.70. The second-order valence-corrected chi connectivity index (χ2v) is 7.55. The Morgan fingerprint density at radius 3 is 2.48 bits per heavy atom. The summed E-state index contributed by atoms with van der Waals surface area (Å²) in [6.45, 7) is 6.49. The van der Waals surface area contributed by atoms with E-state index < -0.39 is 11.4 Å². The van der Waals surface area contributed by atoms with Crippen LogP contribution in [0.3, 0.4) is 0 Å². The van der Waals surface area contributed by atoms with Gasteiger partial charge in [-0.25, -0.2) is 9.18 Å². The molecule has 2 aromatic rings. The average molecular weight is 373 g/mol. The molecule has 1 saturated heterocycles. The van der Waals surface area contributed by atoms with Crippen LogP contribution >= 0.6 is 0 Å². The monoisotopic (exact) mass is 373 g/mol. The number of aromatic carboxylic acids is 1. The number of aromatic nitrogens is 2. The van der Waals surface area contributed by atoms with Crippen LogP contribution in [-0.4, -0.2) is 44.8 Å². The Morgan fingerprint density at radius 1 is 1.26 bits per heavy atom. The molecule has 6 nitrogen and oxygen atoms in total. The number of carbonyl (C=O) groups is 2. The van der Waals surface area contributed by atoms with Crippen molar-refractivity contribution >= 4 is 11.9 Å². The highest BCUT2D eigenvalue weighted by Crippen LogP contribution is 2.30. The quantitative estimate of drug-likeness (QED) is 0.893. The molecule has 1 aliphatic heterocycles. The maximum Gasteiger partial charge on any atom is 0.339 e. The van der Waals surface area contributed by atoms with E-state index in [4.69, 9.17) is 0 Å². The Labute approximate surface area is 157 Å². The summed E-state index contributed by atoms with van der Waals surface area (Å²) in [5, 5.41) is 13.4. The van der Waals surface area contributed by atoms with Gasteiger partial charge in [0, 0.05) is 13.1 Å². The van der Waals surface area contributed by atoms with Crippen LogP contribution in [0.1, 0.15) is 54.3 Å². The van der Waals surface area contributed by atoms with E-state index >= 15 is 0 Å². The molecule has 144 valence electrons. The molecule has 0 aliphatic carbocycles. The Morgan fingerprint density at radius 2 is 1.93 bits per heavy atom. The van der Waals surface area contributed by atoms with Crippen molar-refractivity contribution in [3.05, 3.63) is 53.1 Å². The van der Waals surface area contributed by atoms with Gasteiger partial charge in [0.15, 0.2) is 0 Å². The van der Waals surface area contributed by atoms with E-state index in [-0.39, 0.29) is 23.3 Å². The van der Waals surface area contributed by atoms with Gasteiger partial charge in [0.2, 0.25) is 5.91 Å². The van der Waals surface area contributed by atoms with E-state index in [1.807, 2.05) is 13.8 Å². The third-order valence-corrected chi connectivity index (χ3v) is 5.45. The molecule has 7 heteroatoms. The van der Waals surface area contributed by atoms with E-state index in [9.17, 15) is 19.1 Å². The SMILES string of the molecule is Cc1c(C(=O)O)cnn1C1CCN(C(=O)C(C)(C)c2cccc(F)c2)CC1. The van der Waals surface area contributed by atoms with Crippen molar-refractivity contribution in [3.63, 3.8) is 0 Å². The highest BCUT2D eigenvalue weighted by atomic mass is 19.1. The number of hydrogen-bond acceptors (Lipinski definition) is 3. The van der Waals surface area contributed by atoms with Crippen LogP contribution < -0.4 is 0 Å². The first-order valence-corrected chi connectivity index (χ1v) is 9.04. The number of benzene rings is 1. The summed E-state index contributed by atoms with van der Waals surface area (Å²) >= 11 is 0. The van der Waals surface area contributed by atoms with Crippen LogP contribution in [0, 0.1) is 12.7 Å². The van der Waals surface area contributed by atoms with E-state index in [2.05, 4.69) is 5.10 Å². The van der Waals surface area contributed by atoms with Crippen LogP contribution in [0.25, 0.3) is 0 Å². The van der Waals surface area contributed by atoms with Crippen LogP contribution in [0.4, 0.5) is 4.39 Å². The first kappa shape index (κ1) is 19.1. The molecule has 1 aromatic heterocycles. The van der Waals surface area contributed by atoms with Gasteiger partial charge in [0.1, 0.15) is 11.4 Å². The zero-order valence-electron chi connectivity index (χ0n) is 15.8. The molecule has 0 saturated carbocycles. The smallest absolute Gasteiger partial charge is 0.339 e. The fourth-order valence-electron chi connectivity index (χ4n) is 3.71. The fourth-order valence-corrected chi connectivity index (χ4v) is 3.71. The number of carboxylic acids is 1. The first-order chi connectivity index (χ1) is 12.7. The Balaban J connectivity index is 1.70. The summed E-state index contributed by atoms with van der Waals surface area (Å²) in [5.74, 6) is -1.37. The van der Waals surface area contributed by atoms with Gasteiger partial charge < -0.3 is 10.0 Å². The number of amides is 1. The molecule has 0 spiro atoms. The summed E-state index contributed by atoms with van der Waals surface area (Å²) < 4.78 is 15.3. The molecular weight excluding hydrogens is 349 g/mol. The largest absolute Gasteiger partial charge is 0.478 e. The summed E-state index contributed by atoms with van der Waals surface area (Å²) in [7, 11) is 0. The maximum atomic E-state index is 13.6. The van der Waals surface area contributed by atoms with Crippen LogP contribution in [0.2, 0.25) is 0 Å². The van der Waals surface area contributed by atoms with Crippen molar-refractivity contribution in [1.82, 2.24) is 14.7 Å². The number of rotatable bonds is 4. The molecule has 0 radical (unpaired) electrons. The lowest BCUT2D eigenvalue weighted by molar-refractivity contribution is -0.137. The molecule has 27 heavy (non-hydrogen) atoms. The molecule has 1 fully saturated rings. The predicted molar refractivity (Wildman–Crippen MR) is 98.2 cm³/mol. The van der Waals surface area contributed by atoms with Crippen molar-refractivity contribution in [2.75, 3.05) is 13.1 Å². The zero-order chi connectivity index (χ0) is 19.8. The highest BCUT2D eigenvalue weighted by molar-refractivity contribution is 5.88. The van der Waals surface area contributed by atoms with Gasteiger partial charge in [-0.3, -0.25) is 9.48 Å². The minimum atomic E-state index is -0.983. The summed E-state index contributed by atoms with van der Waals surface area (Å²) in [4.78, 5) is 26.0. The maximum absolute atomic E-state index is 13.6. The molecule has 3 rings (SSSR count). The van der Waals surface area contributed by atoms with Gasteiger partial charge >= 0.3 is 5.97 Å². The van der Waals surface area contributed by atoms with Gasteiger partial charge in [-0.2, -0.15) is 5.10 Å². The number of halogens is 1. The Bertz CT molecular complexity index is 867. The molecule has 0 bridgehead atoms. The number of piperidine rings is 1. The summed E-state index contributed by atoms with van der Waals surface area (Å²) in [5.41, 5.74) is 0.685. The standard InChI is InChI=1S/C20H24FN3O3/c1-13-17(18(25)26)12-22-24(13)16-7-9-23(10-8-16)19(27)20(2,3)14-5-4-6-15(21)11-14/h4-6,11-12,16H,7-10H2,1-3H3,(H,25,26). The van der Waals surface area contributed by atoms with Crippen molar-refractivity contribution in [2.45, 2.75) is 45.1 Å². The van der Waals surface area contributed by atoms with Gasteiger partial charge in [0.05, 0.1) is 23.3 Å². The van der Waals surface area contributed by atoms with Crippen molar-refractivity contribution < 1.29 is 19.1 Å². The van der Waals surface area contributed by atoms with E-state index in [1.54, 1.807) is 28.6 Å². The molecule has 1 N–H and O–H groups in total. The van der Waals surface area contributed by atoms with E-state index in [0.717, 1.165) is 0 Å². The fraction of sp³-hybridized carbons (Fsp3) is 0.450. The average Bonchev–Trinajstić information content (AvgIpc) is 3.03. The second-order valence-electron chi connectivity index (χ2n) is 7.55. The molecule has 0 unspecified atom stereocenters. The van der Waals surface area contributed by atoms with Crippen LogP contribution in [0.15, 0.2) is 30.5 Å². The number of hydrogen-bond donors (Lipinski definition) is 1. The summed E-state index contributed by atoms with van der Waals surface area (Å²) in [6, 6.07) is 6.23. The molecule has 1 amide bonds. The second kappa shape index (κ2) is 7.13. The third kappa shape index (κ3) is 3.59. The predicted octanol–water partition coefficient (Wildman–Crippen LogP) is 3.17. The molecule has 1 aliphatic rings. The van der Waals surface area contributed by atoms with Crippen LogP contribution in [0.5, 0.6) is 0 Å². The lowest BCUT2D eigenvalue weighted by Crippen LogP contribution is -2.47. The normalized spacial score (nSPS) is 15.8. The number of likely N-dealkylation sites (tertiary alicyclic amines) is 1. The lowest BCUT2D eigenvalue weighted by Gasteiger charge is -2.37. The lowest BCUT2D eigenvalue weighted by atomic mass is 9.82.